The van der Waals surface area contributed by atoms with Crippen LogP contribution in [-0.4, -0.2) is 48.2 Å². The summed E-state index contributed by atoms with van der Waals surface area (Å²) in [4.78, 5) is 24.3. The maximum atomic E-state index is 11.9. The summed E-state index contributed by atoms with van der Waals surface area (Å²) in [6.07, 6.45) is 6.14. The standard InChI is InChI=1S/C20H27NO5/c1-25-17-7-6-15(12-18(17)26-16-4-2-3-5-16)14-8-10-21(11-9-14)19(22)13-20(23)24/h6-7,12,14,16H,2-5,8-11,13H2,1H3,(H,23,24). The van der Waals surface area contributed by atoms with Gasteiger partial charge in [-0.25, -0.2) is 0 Å². The summed E-state index contributed by atoms with van der Waals surface area (Å²) < 4.78 is 11.6. The molecule has 2 aliphatic rings. The van der Waals surface area contributed by atoms with Gasteiger partial charge in [0.15, 0.2) is 11.5 Å². The van der Waals surface area contributed by atoms with Gasteiger partial charge in [-0.1, -0.05) is 6.07 Å². The smallest absolute Gasteiger partial charge is 0.312 e. The molecule has 0 radical (unpaired) electrons. The maximum absolute atomic E-state index is 11.9. The summed E-state index contributed by atoms with van der Waals surface area (Å²) in [5, 5.41) is 8.77. The Balaban J connectivity index is 1.64. The van der Waals surface area contributed by atoms with Crippen LogP contribution in [0.2, 0.25) is 0 Å². The quantitative estimate of drug-likeness (QED) is 0.788. The van der Waals surface area contributed by atoms with Crippen LogP contribution in [0.15, 0.2) is 18.2 Å². The van der Waals surface area contributed by atoms with E-state index >= 15 is 0 Å². The highest BCUT2D eigenvalue weighted by Crippen LogP contribution is 2.37. The zero-order valence-corrected chi connectivity index (χ0v) is 15.3. The molecule has 0 unspecified atom stereocenters. The topological polar surface area (TPSA) is 76.1 Å². The highest BCUT2D eigenvalue weighted by atomic mass is 16.5. The lowest BCUT2D eigenvalue weighted by molar-refractivity contribution is -0.144. The van der Waals surface area contributed by atoms with Crippen molar-refractivity contribution in [3.05, 3.63) is 23.8 Å². The van der Waals surface area contributed by atoms with Gasteiger partial charge in [-0.05, 0) is 62.1 Å². The third-order valence-electron chi connectivity index (χ3n) is 5.41. The lowest BCUT2D eigenvalue weighted by Crippen LogP contribution is -2.38. The number of carbonyl (C=O) groups excluding carboxylic acids is 1. The minimum atomic E-state index is -1.07. The number of carboxylic acid groups (broad SMARTS) is 1. The molecule has 0 aromatic heterocycles. The number of rotatable bonds is 6. The zero-order chi connectivity index (χ0) is 18.5. The Bertz CT molecular complexity index is 646. The van der Waals surface area contributed by atoms with E-state index in [-0.39, 0.29) is 12.0 Å². The Morgan fingerprint density at radius 2 is 1.81 bits per heavy atom. The molecule has 1 saturated carbocycles. The van der Waals surface area contributed by atoms with E-state index in [0.717, 1.165) is 37.2 Å². The number of piperidine rings is 1. The molecule has 0 spiro atoms. The van der Waals surface area contributed by atoms with E-state index in [1.54, 1.807) is 12.0 Å². The zero-order valence-electron chi connectivity index (χ0n) is 15.3. The fourth-order valence-electron chi connectivity index (χ4n) is 3.93. The minimum Gasteiger partial charge on any atom is -0.493 e. The number of hydrogen-bond acceptors (Lipinski definition) is 4. The third kappa shape index (κ3) is 4.48. The molecule has 1 N–H and O–H groups in total. The molecule has 26 heavy (non-hydrogen) atoms. The van der Waals surface area contributed by atoms with E-state index in [1.807, 2.05) is 6.07 Å². The molecule has 0 bridgehead atoms. The normalized spacial score (nSPS) is 18.7. The number of carbonyl (C=O) groups is 2. The second-order valence-corrected chi connectivity index (χ2v) is 7.16. The minimum absolute atomic E-state index is 0.273. The molecule has 1 aromatic carbocycles. The number of aliphatic carboxylic acids is 1. The van der Waals surface area contributed by atoms with Crippen LogP contribution in [-0.2, 0) is 9.59 Å². The number of likely N-dealkylation sites (tertiary alicyclic amines) is 1. The van der Waals surface area contributed by atoms with Crippen LogP contribution >= 0.6 is 0 Å². The summed E-state index contributed by atoms with van der Waals surface area (Å²) in [7, 11) is 1.66. The molecule has 1 aliphatic carbocycles. The first-order valence-corrected chi connectivity index (χ1v) is 9.41. The van der Waals surface area contributed by atoms with Crippen molar-refractivity contribution in [1.82, 2.24) is 4.90 Å². The summed E-state index contributed by atoms with van der Waals surface area (Å²) in [6.45, 7) is 1.20. The number of ether oxygens (including phenoxy) is 2. The number of methoxy groups -OCH3 is 1. The molecule has 2 fully saturated rings. The highest BCUT2D eigenvalue weighted by Gasteiger charge is 2.26. The van der Waals surface area contributed by atoms with Crippen LogP contribution in [0.25, 0.3) is 0 Å². The van der Waals surface area contributed by atoms with E-state index in [1.165, 1.54) is 18.4 Å². The Hall–Kier alpha value is -2.24. The van der Waals surface area contributed by atoms with Gasteiger partial charge in [0.25, 0.3) is 0 Å². The monoisotopic (exact) mass is 361 g/mol. The number of benzene rings is 1. The van der Waals surface area contributed by atoms with Crippen LogP contribution in [0, 0.1) is 0 Å². The molecule has 6 heteroatoms. The predicted octanol–water partition coefficient (Wildman–Crippen LogP) is 3.20. The number of amides is 1. The van der Waals surface area contributed by atoms with Gasteiger partial charge in [-0.2, -0.15) is 0 Å². The summed E-state index contributed by atoms with van der Waals surface area (Å²) in [5.41, 5.74) is 1.20. The number of hydrogen-bond donors (Lipinski definition) is 1. The first kappa shape index (κ1) is 18.5. The Kier molecular flexibility index (Phi) is 6.01. The Labute approximate surface area is 154 Å². The van der Waals surface area contributed by atoms with Crippen LogP contribution in [0.1, 0.15) is 56.4 Å². The molecule has 1 aliphatic heterocycles. The van der Waals surface area contributed by atoms with Gasteiger partial charge in [-0.3, -0.25) is 9.59 Å². The Morgan fingerprint density at radius 3 is 2.42 bits per heavy atom. The average Bonchev–Trinajstić information content (AvgIpc) is 3.14. The summed E-state index contributed by atoms with van der Waals surface area (Å²) in [5.74, 6) is 0.550. The maximum Gasteiger partial charge on any atom is 0.312 e. The van der Waals surface area contributed by atoms with Gasteiger partial charge in [-0.15, -0.1) is 0 Å². The predicted molar refractivity (Wildman–Crippen MR) is 96.7 cm³/mol. The van der Waals surface area contributed by atoms with Crippen LogP contribution in [0.4, 0.5) is 0 Å². The van der Waals surface area contributed by atoms with E-state index in [9.17, 15) is 9.59 Å². The second-order valence-electron chi connectivity index (χ2n) is 7.16. The number of carboxylic acids is 1. The largest absolute Gasteiger partial charge is 0.493 e. The molecule has 1 saturated heterocycles. The highest BCUT2D eigenvalue weighted by molar-refractivity contribution is 5.93. The lowest BCUT2D eigenvalue weighted by atomic mass is 9.89. The average molecular weight is 361 g/mol. The molecule has 3 rings (SSSR count). The van der Waals surface area contributed by atoms with Crippen molar-refractivity contribution in [3.63, 3.8) is 0 Å². The molecule has 1 heterocycles. The fraction of sp³-hybridized carbons (Fsp3) is 0.600. The molecule has 6 nitrogen and oxygen atoms in total. The van der Waals surface area contributed by atoms with Crippen molar-refractivity contribution in [1.29, 1.82) is 0 Å². The van der Waals surface area contributed by atoms with Gasteiger partial charge in [0, 0.05) is 13.1 Å². The van der Waals surface area contributed by atoms with Crippen molar-refractivity contribution >= 4 is 11.9 Å². The van der Waals surface area contributed by atoms with Crippen molar-refractivity contribution < 1.29 is 24.2 Å². The molecular weight excluding hydrogens is 334 g/mol. The molecule has 1 aromatic rings. The first-order valence-electron chi connectivity index (χ1n) is 9.41. The Morgan fingerprint density at radius 1 is 1.12 bits per heavy atom. The van der Waals surface area contributed by atoms with Gasteiger partial charge >= 0.3 is 5.97 Å². The lowest BCUT2D eigenvalue weighted by Gasteiger charge is -2.32. The second kappa shape index (κ2) is 8.43. The third-order valence-corrected chi connectivity index (χ3v) is 5.41. The van der Waals surface area contributed by atoms with Gasteiger partial charge in [0.2, 0.25) is 5.91 Å². The van der Waals surface area contributed by atoms with Gasteiger partial charge in [0.05, 0.1) is 13.2 Å². The van der Waals surface area contributed by atoms with Crippen molar-refractivity contribution in [2.24, 2.45) is 0 Å². The summed E-state index contributed by atoms with van der Waals surface area (Å²) >= 11 is 0. The molecule has 1 amide bonds. The van der Waals surface area contributed by atoms with Gasteiger partial charge in [0.1, 0.15) is 6.42 Å². The van der Waals surface area contributed by atoms with E-state index in [0.29, 0.717) is 19.0 Å². The molecule has 142 valence electrons. The van der Waals surface area contributed by atoms with Crippen LogP contribution in [0.5, 0.6) is 11.5 Å². The van der Waals surface area contributed by atoms with Crippen LogP contribution in [0.3, 0.4) is 0 Å². The van der Waals surface area contributed by atoms with E-state index in [2.05, 4.69) is 12.1 Å². The fourth-order valence-corrected chi connectivity index (χ4v) is 3.93. The van der Waals surface area contributed by atoms with Crippen LogP contribution < -0.4 is 9.47 Å². The van der Waals surface area contributed by atoms with Gasteiger partial charge < -0.3 is 19.5 Å². The molecular formula is C20H27NO5. The van der Waals surface area contributed by atoms with Crippen molar-refractivity contribution in [2.75, 3.05) is 20.2 Å². The van der Waals surface area contributed by atoms with E-state index in [4.69, 9.17) is 14.6 Å². The SMILES string of the molecule is COc1ccc(C2CCN(C(=O)CC(=O)O)CC2)cc1OC1CCCC1. The first-order chi connectivity index (χ1) is 12.6. The summed E-state index contributed by atoms with van der Waals surface area (Å²) in [6, 6.07) is 6.11. The molecule has 0 atom stereocenters. The number of nitrogens with zero attached hydrogens (tertiary/aromatic N) is 1. The van der Waals surface area contributed by atoms with E-state index < -0.39 is 12.4 Å². The van der Waals surface area contributed by atoms with Crippen molar-refractivity contribution in [3.8, 4) is 11.5 Å². The van der Waals surface area contributed by atoms with Crippen molar-refractivity contribution in [2.45, 2.75) is 57.0 Å².